The van der Waals surface area contributed by atoms with Crippen LogP contribution in [0, 0.1) is 23.2 Å². The molecule has 21 heavy (non-hydrogen) atoms. The third kappa shape index (κ3) is 2.85. The van der Waals surface area contributed by atoms with Crippen molar-refractivity contribution in [3.05, 3.63) is 35.9 Å². The maximum Gasteiger partial charge on any atom is 0.232 e. The first-order chi connectivity index (χ1) is 10.2. The van der Waals surface area contributed by atoms with Crippen LogP contribution in [0.25, 0.3) is 10.9 Å². The van der Waals surface area contributed by atoms with Gasteiger partial charge < -0.3 is 4.74 Å². The minimum Gasteiger partial charge on any atom is -0.473 e. The standard InChI is InChI=1S/C18H20N2O/c1-12-7-8-16(9-13(12)2)21-18-15(11-19)10-14-5-3-4-6-17(14)20-18/h3-6,10,12-13,16H,7-9H2,1-2H3. The van der Waals surface area contributed by atoms with Gasteiger partial charge in [0.05, 0.1) is 5.52 Å². The van der Waals surface area contributed by atoms with Crippen molar-refractivity contribution in [1.82, 2.24) is 4.98 Å². The molecule has 0 radical (unpaired) electrons. The van der Waals surface area contributed by atoms with Crippen LogP contribution in [0.1, 0.15) is 38.7 Å². The molecule has 3 rings (SSSR count). The van der Waals surface area contributed by atoms with Gasteiger partial charge in [-0.25, -0.2) is 4.98 Å². The highest BCUT2D eigenvalue weighted by atomic mass is 16.5. The highest BCUT2D eigenvalue weighted by molar-refractivity contribution is 5.80. The van der Waals surface area contributed by atoms with Gasteiger partial charge in [-0.3, -0.25) is 0 Å². The van der Waals surface area contributed by atoms with Gasteiger partial charge in [-0.2, -0.15) is 5.26 Å². The van der Waals surface area contributed by atoms with Crippen molar-refractivity contribution < 1.29 is 4.74 Å². The number of fused-ring (bicyclic) bond motifs is 1. The summed E-state index contributed by atoms with van der Waals surface area (Å²) in [6.45, 7) is 4.58. The topological polar surface area (TPSA) is 45.9 Å². The van der Waals surface area contributed by atoms with Crippen molar-refractivity contribution in [3.8, 4) is 11.9 Å². The van der Waals surface area contributed by atoms with Crippen LogP contribution in [0.3, 0.4) is 0 Å². The van der Waals surface area contributed by atoms with Gasteiger partial charge in [0.2, 0.25) is 5.88 Å². The number of hydrogen-bond acceptors (Lipinski definition) is 3. The Balaban J connectivity index is 1.88. The van der Waals surface area contributed by atoms with Crippen molar-refractivity contribution >= 4 is 10.9 Å². The molecular weight excluding hydrogens is 260 g/mol. The minimum atomic E-state index is 0.178. The second kappa shape index (κ2) is 5.73. The molecule has 108 valence electrons. The van der Waals surface area contributed by atoms with E-state index in [9.17, 15) is 5.26 Å². The van der Waals surface area contributed by atoms with Crippen LogP contribution in [0.2, 0.25) is 0 Å². The molecule has 1 aromatic heterocycles. The molecule has 3 nitrogen and oxygen atoms in total. The van der Waals surface area contributed by atoms with Gasteiger partial charge in [0.1, 0.15) is 17.7 Å². The predicted molar refractivity (Wildman–Crippen MR) is 83.1 cm³/mol. The predicted octanol–water partition coefficient (Wildman–Crippen LogP) is 4.31. The molecule has 1 aromatic carbocycles. The minimum absolute atomic E-state index is 0.178. The van der Waals surface area contributed by atoms with Gasteiger partial charge in [-0.1, -0.05) is 32.0 Å². The van der Waals surface area contributed by atoms with Gasteiger partial charge in [0.25, 0.3) is 0 Å². The number of aromatic nitrogens is 1. The first-order valence-electron chi connectivity index (χ1n) is 7.64. The molecule has 1 aliphatic rings. The van der Waals surface area contributed by atoms with Crippen LogP contribution in [-0.4, -0.2) is 11.1 Å². The smallest absolute Gasteiger partial charge is 0.232 e. The molecule has 0 bridgehead atoms. The zero-order chi connectivity index (χ0) is 14.8. The number of hydrogen-bond donors (Lipinski definition) is 0. The average molecular weight is 280 g/mol. The van der Waals surface area contributed by atoms with Gasteiger partial charge in [0, 0.05) is 5.39 Å². The monoisotopic (exact) mass is 280 g/mol. The van der Waals surface area contributed by atoms with E-state index in [1.54, 1.807) is 0 Å². The van der Waals surface area contributed by atoms with Crippen LogP contribution >= 0.6 is 0 Å². The molecular formula is C18H20N2O. The molecule has 1 heterocycles. The van der Waals surface area contributed by atoms with Crippen LogP contribution in [0.15, 0.2) is 30.3 Å². The number of rotatable bonds is 2. The zero-order valence-corrected chi connectivity index (χ0v) is 12.5. The number of ether oxygens (including phenoxy) is 1. The first-order valence-corrected chi connectivity index (χ1v) is 7.64. The molecule has 1 saturated carbocycles. The first kappa shape index (κ1) is 13.9. The molecule has 0 spiro atoms. The normalized spacial score (nSPS) is 25.5. The fourth-order valence-electron chi connectivity index (χ4n) is 3.03. The lowest BCUT2D eigenvalue weighted by Gasteiger charge is -2.32. The van der Waals surface area contributed by atoms with Crippen LogP contribution in [0.5, 0.6) is 5.88 Å². The summed E-state index contributed by atoms with van der Waals surface area (Å²) in [5, 5.41) is 10.3. The maximum absolute atomic E-state index is 9.33. The highest BCUT2D eigenvalue weighted by Gasteiger charge is 2.26. The Kier molecular flexibility index (Phi) is 3.79. The Morgan fingerprint density at radius 3 is 2.76 bits per heavy atom. The quantitative estimate of drug-likeness (QED) is 0.823. The highest BCUT2D eigenvalue weighted by Crippen LogP contribution is 2.32. The SMILES string of the molecule is CC1CCC(Oc2nc3ccccc3cc2C#N)CC1C. The number of para-hydroxylation sites is 1. The lowest BCUT2D eigenvalue weighted by Crippen LogP contribution is -2.29. The van der Waals surface area contributed by atoms with E-state index in [1.165, 1.54) is 6.42 Å². The van der Waals surface area contributed by atoms with Crippen LogP contribution < -0.4 is 4.74 Å². The van der Waals surface area contributed by atoms with Crippen LogP contribution in [-0.2, 0) is 0 Å². The lowest BCUT2D eigenvalue weighted by atomic mass is 9.80. The van der Waals surface area contributed by atoms with Gasteiger partial charge in [-0.05, 0) is 43.2 Å². The van der Waals surface area contributed by atoms with Gasteiger partial charge >= 0.3 is 0 Å². The van der Waals surface area contributed by atoms with E-state index in [2.05, 4.69) is 24.9 Å². The van der Waals surface area contributed by atoms with Crippen molar-refractivity contribution in [2.24, 2.45) is 11.8 Å². The van der Waals surface area contributed by atoms with Gasteiger partial charge in [0.15, 0.2) is 0 Å². The largest absolute Gasteiger partial charge is 0.473 e. The van der Waals surface area contributed by atoms with E-state index < -0.39 is 0 Å². The molecule has 1 fully saturated rings. The molecule has 0 N–H and O–H groups in total. The molecule has 3 atom stereocenters. The summed E-state index contributed by atoms with van der Waals surface area (Å²) in [5.41, 5.74) is 1.41. The van der Waals surface area contributed by atoms with E-state index >= 15 is 0 Å². The summed E-state index contributed by atoms with van der Waals surface area (Å²) in [7, 11) is 0. The summed E-state index contributed by atoms with van der Waals surface area (Å²) in [6, 6.07) is 11.9. The molecule has 3 heteroatoms. The summed E-state index contributed by atoms with van der Waals surface area (Å²) < 4.78 is 6.07. The lowest BCUT2D eigenvalue weighted by molar-refractivity contribution is 0.0965. The molecule has 3 unspecified atom stereocenters. The van der Waals surface area contributed by atoms with E-state index in [0.29, 0.717) is 17.4 Å². The number of nitrogens with zero attached hydrogens (tertiary/aromatic N) is 2. The van der Waals surface area contributed by atoms with Gasteiger partial charge in [-0.15, -0.1) is 0 Å². The molecule has 1 aliphatic carbocycles. The fraction of sp³-hybridized carbons (Fsp3) is 0.444. The molecule has 0 saturated heterocycles. The molecule has 0 aliphatic heterocycles. The molecule has 0 amide bonds. The Morgan fingerprint density at radius 1 is 1.19 bits per heavy atom. The number of benzene rings is 1. The number of pyridine rings is 1. The molecule has 2 aromatic rings. The number of nitriles is 1. The van der Waals surface area contributed by atoms with Crippen molar-refractivity contribution in [2.75, 3.05) is 0 Å². The Bertz CT molecular complexity index is 689. The third-order valence-corrected chi connectivity index (χ3v) is 4.64. The zero-order valence-electron chi connectivity index (χ0n) is 12.5. The Morgan fingerprint density at radius 2 is 2.00 bits per heavy atom. The average Bonchev–Trinajstić information content (AvgIpc) is 2.50. The summed E-state index contributed by atoms with van der Waals surface area (Å²) in [4.78, 5) is 4.54. The van der Waals surface area contributed by atoms with E-state index in [-0.39, 0.29) is 6.10 Å². The fourth-order valence-corrected chi connectivity index (χ4v) is 3.03. The van der Waals surface area contributed by atoms with Crippen molar-refractivity contribution in [1.29, 1.82) is 5.26 Å². The summed E-state index contributed by atoms with van der Waals surface area (Å²) in [5.74, 6) is 1.91. The van der Waals surface area contributed by atoms with E-state index in [4.69, 9.17) is 4.74 Å². The van der Waals surface area contributed by atoms with Crippen molar-refractivity contribution in [2.45, 2.75) is 39.2 Å². The van der Waals surface area contributed by atoms with E-state index in [1.807, 2.05) is 30.3 Å². The maximum atomic E-state index is 9.33. The second-order valence-corrected chi connectivity index (χ2v) is 6.15. The summed E-state index contributed by atoms with van der Waals surface area (Å²) >= 11 is 0. The summed E-state index contributed by atoms with van der Waals surface area (Å²) in [6.07, 6.45) is 3.45. The Labute approximate surface area is 125 Å². The third-order valence-electron chi connectivity index (χ3n) is 4.64. The van der Waals surface area contributed by atoms with Crippen LogP contribution in [0.4, 0.5) is 0 Å². The van der Waals surface area contributed by atoms with Crippen molar-refractivity contribution in [3.63, 3.8) is 0 Å². The van der Waals surface area contributed by atoms with E-state index in [0.717, 1.165) is 29.7 Å². The second-order valence-electron chi connectivity index (χ2n) is 6.15. The Hall–Kier alpha value is -2.08.